The average Bonchev–Trinajstić information content (AvgIpc) is 2.87. The number of rotatable bonds is 2. The van der Waals surface area contributed by atoms with Gasteiger partial charge in [-0.15, -0.1) is 0 Å². The molecule has 24 heavy (non-hydrogen) atoms. The number of ether oxygens (including phenoxy) is 1. The highest BCUT2D eigenvalue weighted by Gasteiger charge is 2.33. The summed E-state index contributed by atoms with van der Waals surface area (Å²) in [5.74, 6) is 0. The van der Waals surface area contributed by atoms with Crippen molar-refractivity contribution in [3.05, 3.63) is 83.3 Å². The third-order valence-electron chi connectivity index (χ3n) is 4.11. The van der Waals surface area contributed by atoms with Crippen molar-refractivity contribution in [3.63, 3.8) is 0 Å². The van der Waals surface area contributed by atoms with Gasteiger partial charge in [0.15, 0.2) is 6.61 Å². The van der Waals surface area contributed by atoms with Crippen molar-refractivity contribution in [2.24, 2.45) is 0 Å². The van der Waals surface area contributed by atoms with Gasteiger partial charge in [-0.1, -0.05) is 42.2 Å². The highest BCUT2D eigenvalue weighted by Crippen LogP contribution is 2.34. The van der Waals surface area contributed by atoms with E-state index in [0.717, 1.165) is 17.0 Å². The largest absolute Gasteiger partial charge is 0.352 e. The maximum atomic E-state index is 9.13. The van der Waals surface area contributed by atoms with E-state index in [-0.39, 0.29) is 0 Å². The predicted octanol–water partition coefficient (Wildman–Crippen LogP) is 4.41. The van der Waals surface area contributed by atoms with Crippen molar-refractivity contribution in [1.29, 1.82) is 5.26 Å². The molecule has 2 heterocycles. The summed E-state index contributed by atoms with van der Waals surface area (Å²) in [5.41, 5.74) is 7.35. The number of para-hydroxylation sites is 1. The summed E-state index contributed by atoms with van der Waals surface area (Å²) in [6.07, 6.45) is 9.73. The molecule has 1 aromatic carbocycles. The van der Waals surface area contributed by atoms with E-state index in [0.29, 0.717) is 5.57 Å². The van der Waals surface area contributed by atoms with Gasteiger partial charge in [0.05, 0.1) is 22.9 Å². The second-order valence-corrected chi connectivity index (χ2v) is 6.12. The molecule has 2 aliphatic rings. The Morgan fingerprint density at radius 2 is 2.04 bits per heavy atom. The monoisotopic (exact) mass is 314 g/mol. The molecule has 0 N–H and O–H groups in total. The Morgan fingerprint density at radius 1 is 1.25 bits per heavy atom. The lowest BCUT2D eigenvalue weighted by Crippen LogP contribution is -2.20. The molecule has 0 unspecified atom stereocenters. The number of nitrogens with zero attached hydrogens (tertiary/aromatic N) is 2. The number of allylic oxidation sites excluding steroid dienone is 2. The molecule has 2 radical (unpaired) electrons. The molecule has 0 spiro atoms. The quantitative estimate of drug-likeness (QED) is 0.599. The number of fused-ring (bicyclic) bond motifs is 1. The van der Waals surface area contributed by atoms with Crippen molar-refractivity contribution >= 4 is 11.8 Å². The van der Waals surface area contributed by atoms with Gasteiger partial charge < -0.3 is 9.64 Å². The summed E-state index contributed by atoms with van der Waals surface area (Å²) >= 11 is 0. The lowest BCUT2D eigenvalue weighted by molar-refractivity contribution is 0.0893. The van der Waals surface area contributed by atoms with Gasteiger partial charge in [-0.25, -0.2) is 0 Å². The summed E-state index contributed by atoms with van der Waals surface area (Å²) in [5, 5.41) is 9.13. The minimum atomic E-state index is -0.525. The fraction of sp³-hybridized carbons (Fsp3) is 0.190. The Kier molecular flexibility index (Phi) is 4.27. The number of anilines is 1. The minimum absolute atomic E-state index is 0.445. The first-order valence-electron chi connectivity index (χ1n) is 7.76. The van der Waals surface area contributed by atoms with Crippen LogP contribution in [0.1, 0.15) is 19.4 Å². The van der Waals surface area contributed by atoms with Crippen molar-refractivity contribution in [2.75, 3.05) is 11.9 Å². The van der Waals surface area contributed by atoms with Crippen LogP contribution in [0.3, 0.4) is 0 Å². The van der Waals surface area contributed by atoms with Crippen LogP contribution in [0, 0.1) is 17.9 Å². The van der Waals surface area contributed by atoms with E-state index in [1.165, 1.54) is 5.56 Å². The van der Waals surface area contributed by atoms with Crippen LogP contribution >= 0.6 is 0 Å². The summed E-state index contributed by atoms with van der Waals surface area (Å²) < 4.78 is 5.40. The molecule has 3 nitrogen and oxygen atoms in total. The Balaban J connectivity index is 1.85. The zero-order valence-electron chi connectivity index (χ0n) is 14.0. The fourth-order valence-electron chi connectivity index (χ4n) is 2.72. The molecule has 0 saturated carbocycles. The van der Waals surface area contributed by atoms with Crippen LogP contribution in [-0.4, -0.2) is 12.6 Å². The van der Waals surface area contributed by atoms with Gasteiger partial charge in [0.1, 0.15) is 0 Å². The Morgan fingerprint density at radius 3 is 2.83 bits per heavy atom. The van der Waals surface area contributed by atoms with Crippen LogP contribution in [0.15, 0.2) is 71.1 Å². The Bertz CT molecular complexity index is 856. The van der Waals surface area contributed by atoms with E-state index in [1.807, 2.05) is 57.3 Å². The second kappa shape index (κ2) is 6.37. The fourth-order valence-corrected chi connectivity index (χ4v) is 2.72. The molecular formula is C21H18N2O. The highest BCUT2D eigenvalue weighted by molar-refractivity contribution is 5.75. The minimum Gasteiger partial charge on any atom is -0.352 e. The lowest BCUT2D eigenvalue weighted by atomic mass is 9.96. The SMILES string of the molecule is CN1C(=C=CC=CC2=C(C#N)[C]OC2(C)C)C=Cc2ccccc21. The van der Waals surface area contributed by atoms with E-state index in [9.17, 15) is 0 Å². The molecule has 0 saturated heterocycles. The molecule has 0 bridgehead atoms. The van der Waals surface area contributed by atoms with Crippen LogP contribution in [0.2, 0.25) is 0 Å². The van der Waals surface area contributed by atoms with Crippen LogP contribution < -0.4 is 4.90 Å². The smallest absolute Gasteiger partial charge is 0.179 e. The molecule has 0 fully saturated rings. The third kappa shape index (κ3) is 2.98. The van der Waals surface area contributed by atoms with E-state index in [2.05, 4.69) is 41.5 Å². The summed E-state index contributed by atoms with van der Waals surface area (Å²) in [4.78, 5) is 2.10. The standard InChI is InChI=1S/C21H18N2O/c1-21(2)19(17(14-22)15-24-21)10-6-5-9-18-13-12-16-8-4-7-11-20(16)23(18)3/h4-8,10-13H,1-3H3. The Hall–Kier alpha value is -2.79. The van der Waals surface area contributed by atoms with Gasteiger partial charge in [0.25, 0.3) is 0 Å². The molecule has 118 valence electrons. The zero-order valence-corrected chi connectivity index (χ0v) is 14.0. The molecule has 2 aliphatic heterocycles. The lowest BCUT2D eigenvalue weighted by Gasteiger charge is -2.24. The van der Waals surface area contributed by atoms with Crippen molar-refractivity contribution in [2.45, 2.75) is 19.4 Å². The van der Waals surface area contributed by atoms with Crippen LogP contribution in [0.25, 0.3) is 6.08 Å². The van der Waals surface area contributed by atoms with E-state index in [1.54, 1.807) is 0 Å². The number of hydrogen-bond donors (Lipinski definition) is 0. The number of likely N-dealkylation sites (N-methyl/N-ethyl adjacent to an activating group) is 1. The van der Waals surface area contributed by atoms with Gasteiger partial charge in [-0.2, -0.15) is 5.26 Å². The van der Waals surface area contributed by atoms with Gasteiger partial charge in [-0.3, -0.25) is 0 Å². The molecule has 0 aliphatic carbocycles. The summed E-state index contributed by atoms with van der Waals surface area (Å²) in [6.45, 7) is 6.50. The molecule has 1 aromatic rings. The number of nitriles is 1. The topological polar surface area (TPSA) is 36.3 Å². The summed E-state index contributed by atoms with van der Waals surface area (Å²) in [7, 11) is 2.02. The van der Waals surface area contributed by atoms with Gasteiger partial charge in [0, 0.05) is 18.3 Å². The predicted molar refractivity (Wildman–Crippen MR) is 95.7 cm³/mol. The van der Waals surface area contributed by atoms with Gasteiger partial charge >= 0.3 is 0 Å². The Labute approximate surface area is 143 Å². The van der Waals surface area contributed by atoms with Gasteiger partial charge in [-0.05, 0) is 37.6 Å². The molecule has 3 rings (SSSR count). The average molecular weight is 314 g/mol. The van der Waals surface area contributed by atoms with Gasteiger partial charge in [0.2, 0.25) is 0 Å². The van der Waals surface area contributed by atoms with Crippen LogP contribution in [0.5, 0.6) is 0 Å². The van der Waals surface area contributed by atoms with E-state index < -0.39 is 5.60 Å². The molecule has 0 amide bonds. The molecular weight excluding hydrogens is 296 g/mol. The normalized spacial score (nSPS) is 18.6. The van der Waals surface area contributed by atoms with Crippen LogP contribution in [-0.2, 0) is 4.74 Å². The van der Waals surface area contributed by atoms with E-state index in [4.69, 9.17) is 10.00 Å². The van der Waals surface area contributed by atoms with Crippen molar-refractivity contribution < 1.29 is 4.74 Å². The third-order valence-corrected chi connectivity index (χ3v) is 4.11. The highest BCUT2D eigenvalue weighted by atomic mass is 16.5. The first-order chi connectivity index (χ1) is 11.5. The first-order valence-corrected chi connectivity index (χ1v) is 7.76. The maximum Gasteiger partial charge on any atom is 0.179 e. The maximum absolute atomic E-state index is 9.13. The van der Waals surface area contributed by atoms with Crippen molar-refractivity contribution in [3.8, 4) is 6.07 Å². The molecule has 0 atom stereocenters. The molecule has 0 aromatic heterocycles. The second-order valence-electron chi connectivity index (χ2n) is 6.12. The first kappa shape index (κ1) is 16.1. The van der Waals surface area contributed by atoms with Crippen LogP contribution in [0.4, 0.5) is 5.69 Å². The molecule has 3 heteroatoms. The number of hydrogen-bond acceptors (Lipinski definition) is 3. The zero-order chi connectivity index (χ0) is 17.2. The van der Waals surface area contributed by atoms with Crippen molar-refractivity contribution in [1.82, 2.24) is 0 Å². The summed E-state index contributed by atoms with van der Waals surface area (Å²) in [6, 6.07) is 10.4. The van der Waals surface area contributed by atoms with E-state index >= 15 is 0 Å². The number of benzene rings is 1.